The highest BCUT2D eigenvalue weighted by Gasteiger charge is 2.22. The van der Waals surface area contributed by atoms with Gasteiger partial charge in [-0.3, -0.25) is 20.3 Å². The number of hydrazone groups is 1. The second-order valence-electron chi connectivity index (χ2n) is 7.52. The van der Waals surface area contributed by atoms with Gasteiger partial charge in [0.1, 0.15) is 5.69 Å². The van der Waals surface area contributed by atoms with E-state index < -0.39 is 4.92 Å². The summed E-state index contributed by atoms with van der Waals surface area (Å²) in [6.45, 7) is 3.50. The maximum atomic E-state index is 13.2. The van der Waals surface area contributed by atoms with E-state index in [1.807, 2.05) is 31.2 Å². The van der Waals surface area contributed by atoms with Crippen molar-refractivity contribution in [1.82, 2.24) is 4.40 Å². The normalized spacial score (nSPS) is 11.6. The van der Waals surface area contributed by atoms with Gasteiger partial charge < -0.3 is 4.40 Å². The van der Waals surface area contributed by atoms with Crippen LogP contribution in [0.2, 0.25) is 15.1 Å². The number of nitrogens with one attached hydrogen (secondary N) is 1. The summed E-state index contributed by atoms with van der Waals surface area (Å²) >= 11 is 18.3. The van der Waals surface area contributed by atoms with Crippen molar-refractivity contribution >= 4 is 63.2 Å². The van der Waals surface area contributed by atoms with E-state index in [0.29, 0.717) is 22.0 Å². The molecule has 0 bridgehead atoms. The maximum absolute atomic E-state index is 13.2. The molecule has 0 aliphatic carbocycles. The molecule has 0 radical (unpaired) electrons. The largest absolute Gasteiger partial charge is 0.313 e. The van der Waals surface area contributed by atoms with Gasteiger partial charge in [-0.1, -0.05) is 46.9 Å². The number of ketones is 1. The number of halogens is 3. The van der Waals surface area contributed by atoms with Crippen LogP contribution in [-0.2, 0) is 0 Å². The summed E-state index contributed by atoms with van der Waals surface area (Å²) in [7, 11) is 0. The molecule has 0 aliphatic rings. The van der Waals surface area contributed by atoms with Gasteiger partial charge in [-0.15, -0.1) is 0 Å². The molecular formula is C24H17Cl3N4O3. The van der Waals surface area contributed by atoms with Crippen LogP contribution in [-0.4, -0.2) is 20.8 Å². The molecule has 1 N–H and O–H groups in total. The Morgan fingerprint density at radius 1 is 1.06 bits per heavy atom. The average Bonchev–Trinajstić information content (AvgIpc) is 3.16. The lowest BCUT2D eigenvalue weighted by atomic mass is 10.0. The van der Waals surface area contributed by atoms with Crippen molar-refractivity contribution in [3.8, 4) is 0 Å². The zero-order valence-corrected chi connectivity index (χ0v) is 20.2. The smallest absolute Gasteiger partial charge is 0.294 e. The van der Waals surface area contributed by atoms with Crippen molar-refractivity contribution in [2.24, 2.45) is 5.10 Å². The zero-order valence-electron chi connectivity index (χ0n) is 18.0. The lowest BCUT2D eigenvalue weighted by Crippen LogP contribution is -2.08. The van der Waals surface area contributed by atoms with Crippen molar-refractivity contribution < 1.29 is 9.72 Å². The first kappa shape index (κ1) is 23.8. The molecule has 0 unspecified atom stereocenters. The Morgan fingerprint density at radius 3 is 2.56 bits per heavy atom. The predicted molar refractivity (Wildman–Crippen MR) is 136 cm³/mol. The van der Waals surface area contributed by atoms with Crippen LogP contribution in [0.4, 0.5) is 11.4 Å². The number of hydrogen-bond donors (Lipinski definition) is 1. The Kier molecular flexibility index (Phi) is 6.61. The molecular weight excluding hydrogens is 499 g/mol. The molecule has 34 heavy (non-hydrogen) atoms. The standard InChI is InChI=1S/C24H17Cl3N4O3/c1-13-11-16-5-3-4-10-30(16)23(13)24(32)15-6-9-19(20(12-15)31(33)34)29-28-14(2)17-7-8-18(25)22(27)21(17)26/h3-12,29H,1-2H3/b28-14-. The minimum Gasteiger partial charge on any atom is -0.313 e. The fraction of sp³-hybridized carbons (Fsp3) is 0.0833. The third kappa shape index (κ3) is 4.37. The van der Waals surface area contributed by atoms with Gasteiger partial charge in [0.25, 0.3) is 5.69 Å². The number of carbonyl (C=O) groups is 1. The topological polar surface area (TPSA) is 89.0 Å². The zero-order chi connectivity index (χ0) is 24.6. The first-order valence-electron chi connectivity index (χ1n) is 10.0. The van der Waals surface area contributed by atoms with Gasteiger partial charge in [-0.2, -0.15) is 5.10 Å². The minimum absolute atomic E-state index is 0.119. The Morgan fingerprint density at radius 2 is 1.82 bits per heavy atom. The molecule has 2 heterocycles. The van der Waals surface area contributed by atoms with Gasteiger partial charge in [0, 0.05) is 28.9 Å². The van der Waals surface area contributed by atoms with Gasteiger partial charge in [0.05, 0.1) is 31.4 Å². The number of nitro benzene ring substituents is 1. The number of carbonyl (C=O) groups excluding carboxylic acids is 1. The van der Waals surface area contributed by atoms with Crippen LogP contribution >= 0.6 is 34.8 Å². The number of pyridine rings is 1. The molecule has 0 atom stereocenters. The third-order valence-electron chi connectivity index (χ3n) is 5.31. The van der Waals surface area contributed by atoms with E-state index in [4.69, 9.17) is 34.8 Å². The summed E-state index contributed by atoms with van der Waals surface area (Å²) in [6, 6.07) is 14.9. The first-order chi connectivity index (χ1) is 16.2. The van der Waals surface area contributed by atoms with Crippen LogP contribution in [0.5, 0.6) is 0 Å². The summed E-state index contributed by atoms with van der Waals surface area (Å²) in [5.74, 6) is -0.319. The monoisotopic (exact) mass is 514 g/mol. The number of anilines is 1. The molecule has 0 amide bonds. The molecule has 0 aliphatic heterocycles. The lowest BCUT2D eigenvalue weighted by Gasteiger charge is -2.09. The number of fused-ring (bicyclic) bond motifs is 1. The second kappa shape index (κ2) is 9.46. The van der Waals surface area contributed by atoms with E-state index >= 15 is 0 Å². The summed E-state index contributed by atoms with van der Waals surface area (Å²) in [4.78, 5) is 24.4. The predicted octanol–water partition coefficient (Wildman–Crippen LogP) is 7.18. The molecule has 2 aromatic carbocycles. The molecule has 172 valence electrons. The number of hydrogen-bond acceptors (Lipinski definition) is 5. The van der Waals surface area contributed by atoms with Crippen molar-refractivity contribution in [3.63, 3.8) is 0 Å². The molecule has 0 spiro atoms. The fourth-order valence-electron chi connectivity index (χ4n) is 3.61. The quantitative estimate of drug-likeness (QED) is 0.0968. The minimum atomic E-state index is -0.570. The van der Waals surface area contributed by atoms with E-state index in [9.17, 15) is 14.9 Å². The number of rotatable bonds is 6. The molecule has 0 fully saturated rings. The van der Waals surface area contributed by atoms with Crippen LogP contribution in [0.15, 0.2) is 65.9 Å². The van der Waals surface area contributed by atoms with Crippen LogP contribution in [0.25, 0.3) is 5.52 Å². The summed E-state index contributed by atoms with van der Waals surface area (Å²) in [6.07, 6.45) is 1.78. The van der Waals surface area contributed by atoms with E-state index in [2.05, 4.69) is 10.5 Å². The first-order valence-corrected chi connectivity index (χ1v) is 11.2. The third-order valence-corrected chi connectivity index (χ3v) is 6.60. The van der Waals surface area contributed by atoms with Crippen molar-refractivity contribution in [3.05, 3.63) is 108 Å². The SMILES string of the molecule is C/C(=N/Nc1ccc(C(=O)c2c(C)cc3ccccn23)cc1[N+](=O)[O-])c1ccc(Cl)c(Cl)c1Cl. The highest BCUT2D eigenvalue weighted by atomic mass is 35.5. The fourth-order valence-corrected chi connectivity index (χ4v) is 4.28. The number of nitro groups is 1. The molecule has 4 aromatic rings. The van der Waals surface area contributed by atoms with Crippen LogP contribution in [0, 0.1) is 17.0 Å². The van der Waals surface area contributed by atoms with E-state index in [1.165, 1.54) is 18.2 Å². The van der Waals surface area contributed by atoms with Crippen molar-refractivity contribution in [2.75, 3.05) is 5.43 Å². The van der Waals surface area contributed by atoms with Gasteiger partial charge >= 0.3 is 0 Å². The summed E-state index contributed by atoms with van der Waals surface area (Å²) < 4.78 is 1.77. The molecule has 10 heteroatoms. The number of nitrogens with zero attached hydrogens (tertiary/aromatic N) is 3. The van der Waals surface area contributed by atoms with Crippen molar-refractivity contribution in [2.45, 2.75) is 13.8 Å². The molecule has 0 saturated heterocycles. The van der Waals surface area contributed by atoms with Crippen LogP contribution in [0.3, 0.4) is 0 Å². The van der Waals surface area contributed by atoms with Crippen molar-refractivity contribution in [1.29, 1.82) is 0 Å². The molecule has 2 aromatic heterocycles. The number of aryl methyl sites for hydroxylation is 1. The van der Waals surface area contributed by atoms with Gasteiger partial charge in [-0.05, 0) is 55.8 Å². The Balaban J connectivity index is 1.68. The summed E-state index contributed by atoms with van der Waals surface area (Å²) in [5.41, 5.74) is 5.76. The van der Waals surface area contributed by atoms with Gasteiger partial charge in [0.2, 0.25) is 5.78 Å². The number of benzene rings is 2. The molecule has 7 nitrogen and oxygen atoms in total. The Hall–Kier alpha value is -3.39. The highest BCUT2D eigenvalue weighted by molar-refractivity contribution is 6.49. The van der Waals surface area contributed by atoms with Crippen LogP contribution < -0.4 is 5.43 Å². The van der Waals surface area contributed by atoms with Gasteiger partial charge in [-0.25, -0.2) is 0 Å². The van der Waals surface area contributed by atoms with E-state index in [-0.39, 0.29) is 32.8 Å². The summed E-state index contributed by atoms with van der Waals surface area (Å²) in [5, 5.41) is 16.7. The van der Waals surface area contributed by atoms with Gasteiger partial charge in [0.15, 0.2) is 0 Å². The maximum Gasteiger partial charge on any atom is 0.294 e. The van der Waals surface area contributed by atoms with E-state index in [1.54, 1.807) is 29.7 Å². The number of aromatic nitrogens is 1. The highest BCUT2D eigenvalue weighted by Crippen LogP contribution is 2.33. The second-order valence-corrected chi connectivity index (χ2v) is 8.68. The Labute approximate surface area is 209 Å². The molecule has 4 rings (SSSR count). The van der Waals surface area contributed by atoms with Crippen LogP contribution in [0.1, 0.15) is 34.1 Å². The molecule has 0 saturated carbocycles. The Bertz CT molecular complexity index is 1490. The van der Waals surface area contributed by atoms with E-state index in [0.717, 1.165) is 11.1 Å². The average molecular weight is 516 g/mol. The lowest BCUT2D eigenvalue weighted by molar-refractivity contribution is -0.384.